The van der Waals surface area contributed by atoms with Gasteiger partial charge in [-0.05, 0) is 49.7 Å². The molecule has 1 saturated carbocycles. The molecule has 1 aliphatic carbocycles. The van der Waals surface area contributed by atoms with Gasteiger partial charge < -0.3 is 27.0 Å². The average Bonchev–Trinajstić information content (AvgIpc) is 3.45. The number of nitrogens with zero attached hydrogens (tertiary/aromatic N) is 1. The number of carbonyl (C=O) groups is 4. The first-order valence-corrected chi connectivity index (χ1v) is 11.9. The molecule has 6 N–H and O–H groups in total. The highest BCUT2D eigenvalue weighted by atomic mass is 19.2. The quantitative estimate of drug-likeness (QED) is 0.338. The summed E-state index contributed by atoms with van der Waals surface area (Å²) in [7, 11) is 0. The maximum Gasteiger partial charge on any atom is 0.242 e. The van der Waals surface area contributed by atoms with Crippen LogP contribution in [-0.2, 0) is 25.6 Å². The minimum absolute atomic E-state index is 0.123. The van der Waals surface area contributed by atoms with Gasteiger partial charge in [0.05, 0.1) is 6.04 Å². The maximum absolute atomic E-state index is 14.4. The lowest BCUT2D eigenvalue weighted by Gasteiger charge is -2.28. The highest BCUT2D eigenvalue weighted by molar-refractivity contribution is 5.91. The number of carbonyl (C=O) groups excluding carboxylic acids is 4. The fourth-order valence-electron chi connectivity index (χ4n) is 4.55. The minimum atomic E-state index is -1.37. The third-order valence-corrected chi connectivity index (χ3v) is 6.82. The summed E-state index contributed by atoms with van der Waals surface area (Å²) < 4.78 is 41.5. The van der Waals surface area contributed by atoms with Gasteiger partial charge in [0, 0.05) is 24.6 Å². The van der Waals surface area contributed by atoms with Crippen LogP contribution in [0.1, 0.15) is 45.6 Å². The lowest BCUT2D eigenvalue weighted by molar-refractivity contribution is -0.139. The largest absolute Gasteiger partial charge is 0.368 e. The zero-order valence-corrected chi connectivity index (χ0v) is 20.4. The summed E-state index contributed by atoms with van der Waals surface area (Å²) in [5.41, 5.74) is 11.0. The molecule has 0 bridgehead atoms. The molecule has 5 unspecified atom stereocenters. The molecule has 1 aliphatic heterocycles. The second kappa shape index (κ2) is 10.9. The highest BCUT2D eigenvalue weighted by Crippen LogP contribution is 2.48. The Labute approximate surface area is 207 Å². The van der Waals surface area contributed by atoms with Gasteiger partial charge in [0.1, 0.15) is 17.9 Å². The van der Waals surface area contributed by atoms with E-state index in [4.69, 9.17) is 11.5 Å². The first kappa shape index (κ1) is 27.4. The Bertz CT molecular complexity index is 1050. The van der Waals surface area contributed by atoms with E-state index in [1.54, 1.807) is 13.8 Å². The van der Waals surface area contributed by atoms with E-state index in [0.717, 1.165) is 6.42 Å². The molecule has 12 heteroatoms. The van der Waals surface area contributed by atoms with Crippen LogP contribution in [0.4, 0.5) is 13.2 Å². The Kier molecular flexibility index (Phi) is 8.27. The normalized spacial score (nSPS) is 23.0. The van der Waals surface area contributed by atoms with Crippen LogP contribution in [0.2, 0.25) is 0 Å². The van der Waals surface area contributed by atoms with Crippen molar-refractivity contribution in [3.05, 3.63) is 35.1 Å². The smallest absolute Gasteiger partial charge is 0.242 e. The van der Waals surface area contributed by atoms with Gasteiger partial charge in [-0.3, -0.25) is 19.2 Å². The number of fused-ring (bicyclic) bond motifs is 1. The van der Waals surface area contributed by atoms with E-state index in [1.807, 2.05) is 0 Å². The predicted molar refractivity (Wildman–Crippen MR) is 123 cm³/mol. The average molecular weight is 512 g/mol. The van der Waals surface area contributed by atoms with Gasteiger partial charge in [-0.25, -0.2) is 13.2 Å². The number of likely N-dealkylation sites (tertiary alicyclic amines) is 1. The third-order valence-electron chi connectivity index (χ3n) is 6.82. The Hall–Kier alpha value is -3.15. The van der Waals surface area contributed by atoms with E-state index in [9.17, 15) is 32.3 Å². The van der Waals surface area contributed by atoms with Crippen LogP contribution in [0.15, 0.2) is 12.1 Å². The Morgan fingerprint density at radius 1 is 1.00 bits per heavy atom. The molecule has 9 nitrogen and oxygen atoms in total. The number of amides is 4. The van der Waals surface area contributed by atoms with Gasteiger partial charge in [0.25, 0.3) is 0 Å². The summed E-state index contributed by atoms with van der Waals surface area (Å²) in [6.07, 6.45) is 0.516. The molecule has 0 spiro atoms. The molecular weight excluding hydrogens is 479 g/mol. The second-order valence-electron chi connectivity index (χ2n) is 9.99. The van der Waals surface area contributed by atoms with Gasteiger partial charge in [-0.2, -0.15) is 0 Å². The van der Waals surface area contributed by atoms with E-state index >= 15 is 0 Å². The molecule has 198 valence electrons. The summed E-state index contributed by atoms with van der Waals surface area (Å²) in [6.45, 7) is 4.90. The molecule has 1 heterocycles. The molecule has 1 aromatic carbocycles. The van der Waals surface area contributed by atoms with E-state index < -0.39 is 65.2 Å². The van der Waals surface area contributed by atoms with Crippen LogP contribution in [0, 0.1) is 29.3 Å². The molecule has 36 heavy (non-hydrogen) atoms. The fraction of sp³-hybridized carbons (Fsp3) is 0.583. The molecule has 1 saturated heterocycles. The zero-order valence-electron chi connectivity index (χ0n) is 20.4. The number of benzene rings is 1. The van der Waals surface area contributed by atoms with Crippen molar-refractivity contribution in [1.82, 2.24) is 15.5 Å². The number of rotatable bonds is 10. The minimum Gasteiger partial charge on any atom is -0.368 e. The Balaban J connectivity index is 1.77. The summed E-state index contributed by atoms with van der Waals surface area (Å²) in [4.78, 5) is 51.4. The fourth-order valence-corrected chi connectivity index (χ4v) is 4.55. The van der Waals surface area contributed by atoms with Gasteiger partial charge in [0.15, 0.2) is 11.6 Å². The van der Waals surface area contributed by atoms with Crippen molar-refractivity contribution in [2.45, 2.75) is 76.7 Å². The Morgan fingerprint density at radius 2 is 1.64 bits per heavy atom. The number of nitrogens with one attached hydrogen (secondary N) is 2. The van der Waals surface area contributed by atoms with E-state index in [0.29, 0.717) is 18.6 Å². The van der Waals surface area contributed by atoms with Crippen LogP contribution in [0.25, 0.3) is 0 Å². The molecule has 6 atom stereocenters. The summed E-state index contributed by atoms with van der Waals surface area (Å²) in [6, 6.07) is -2.78. The van der Waals surface area contributed by atoms with Crippen LogP contribution in [-0.4, -0.2) is 58.7 Å². The van der Waals surface area contributed by atoms with Crippen LogP contribution < -0.4 is 22.1 Å². The van der Waals surface area contributed by atoms with Crippen molar-refractivity contribution in [2.24, 2.45) is 23.3 Å². The van der Waals surface area contributed by atoms with Crippen molar-refractivity contribution in [3.8, 4) is 0 Å². The number of piperidine rings is 1. The van der Waals surface area contributed by atoms with Crippen LogP contribution >= 0.6 is 0 Å². The monoisotopic (exact) mass is 511 g/mol. The number of primary amides is 1. The first-order chi connectivity index (χ1) is 16.8. The van der Waals surface area contributed by atoms with E-state index in [2.05, 4.69) is 10.6 Å². The van der Waals surface area contributed by atoms with Crippen LogP contribution in [0.3, 0.4) is 0 Å². The molecule has 0 aromatic heterocycles. The Morgan fingerprint density at radius 3 is 2.25 bits per heavy atom. The molecule has 3 rings (SSSR count). The highest BCUT2D eigenvalue weighted by Gasteiger charge is 2.55. The third kappa shape index (κ3) is 6.15. The second-order valence-corrected chi connectivity index (χ2v) is 9.99. The van der Waals surface area contributed by atoms with Crippen molar-refractivity contribution < 1.29 is 32.3 Å². The number of halogens is 3. The SMILES string of the molecule is CC(NC(=O)C(N)C(C)C)C(=O)N[C@@H](CC(=O)N1C(C(N)=O)CC2CC21)Cc1cc(F)c(F)cc1F. The van der Waals surface area contributed by atoms with Gasteiger partial charge in [-0.1, -0.05) is 13.8 Å². The first-order valence-electron chi connectivity index (χ1n) is 11.9. The molecule has 2 aliphatic rings. The maximum atomic E-state index is 14.4. The molecule has 2 fully saturated rings. The molecule has 1 aromatic rings. The van der Waals surface area contributed by atoms with E-state index in [1.165, 1.54) is 11.8 Å². The summed E-state index contributed by atoms with van der Waals surface area (Å²) in [5, 5.41) is 5.07. The van der Waals surface area contributed by atoms with Gasteiger partial charge >= 0.3 is 0 Å². The summed E-state index contributed by atoms with van der Waals surface area (Å²) >= 11 is 0. The predicted octanol–water partition coefficient (Wildman–Crippen LogP) is 0.484. The zero-order chi connectivity index (χ0) is 26.9. The standard InChI is InChI=1S/C24H32F3N5O4/c1-10(2)21(28)24(36)30-11(3)23(35)31-14(4-12-5-16(26)17(27)9-15(12)25)8-20(33)32-18-6-13(18)7-19(32)22(29)34/h5,9-11,13-14,18-19,21H,4,6-8,28H2,1-3H3,(H2,29,34)(H,30,36)(H,31,35)/t11?,13?,14-,18?,19?,21?/m1/s1. The topological polar surface area (TPSA) is 148 Å². The molecular formula is C24H32F3N5O4. The number of nitrogens with two attached hydrogens (primary N) is 2. The number of hydrogen-bond donors (Lipinski definition) is 4. The van der Waals surface area contributed by atoms with Crippen molar-refractivity contribution in [2.75, 3.05) is 0 Å². The number of hydrogen-bond acceptors (Lipinski definition) is 5. The van der Waals surface area contributed by atoms with Crippen molar-refractivity contribution >= 4 is 23.6 Å². The lowest BCUT2D eigenvalue weighted by atomic mass is 10.0. The lowest BCUT2D eigenvalue weighted by Crippen LogP contribution is -2.54. The van der Waals surface area contributed by atoms with Gasteiger partial charge in [-0.15, -0.1) is 0 Å². The van der Waals surface area contributed by atoms with Crippen molar-refractivity contribution in [1.29, 1.82) is 0 Å². The molecule has 4 amide bonds. The summed E-state index contributed by atoms with van der Waals surface area (Å²) in [5.74, 6) is -6.02. The van der Waals surface area contributed by atoms with Crippen molar-refractivity contribution in [3.63, 3.8) is 0 Å². The van der Waals surface area contributed by atoms with Crippen LogP contribution in [0.5, 0.6) is 0 Å². The van der Waals surface area contributed by atoms with E-state index in [-0.39, 0.29) is 36.3 Å². The molecule has 0 radical (unpaired) electrons. The van der Waals surface area contributed by atoms with Gasteiger partial charge in [0.2, 0.25) is 23.6 Å².